The number of ether oxygens (including phenoxy) is 1. The van der Waals surface area contributed by atoms with Gasteiger partial charge in [0.1, 0.15) is 5.01 Å². The highest BCUT2D eigenvalue weighted by molar-refractivity contribution is 7.15. The Morgan fingerprint density at radius 2 is 2.38 bits per heavy atom. The first kappa shape index (κ1) is 11.8. The molecule has 1 aliphatic rings. The van der Waals surface area contributed by atoms with Crippen LogP contribution in [0.15, 0.2) is 0 Å². The van der Waals surface area contributed by atoms with Crippen LogP contribution in [0.2, 0.25) is 0 Å². The van der Waals surface area contributed by atoms with Crippen molar-refractivity contribution >= 4 is 16.5 Å². The van der Waals surface area contributed by atoms with Crippen LogP contribution in [-0.2, 0) is 11.2 Å². The van der Waals surface area contributed by atoms with E-state index in [4.69, 9.17) is 4.74 Å². The second-order valence-electron chi connectivity index (χ2n) is 4.34. The van der Waals surface area contributed by atoms with Gasteiger partial charge in [0.25, 0.3) is 0 Å². The Balaban J connectivity index is 1.89. The summed E-state index contributed by atoms with van der Waals surface area (Å²) in [5.74, 6) is 0.656. The van der Waals surface area contributed by atoms with Crippen LogP contribution in [0.3, 0.4) is 0 Å². The average molecular weight is 241 g/mol. The van der Waals surface area contributed by atoms with Crippen LogP contribution < -0.4 is 4.90 Å². The molecule has 1 aromatic rings. The number of hydrogen-bond acceptors (Lipinski definition) is 5. The molecule has 0 unspecified atom stereocenters. The van der Waals surface area contributed by atoms with Crippen molar-refractivity contribution in [2.45, 2.75) is 26.2 Å². The van der Waals surface area contributed by atoms with Gasteiger partial charge in [0.05, 0.1) is 6.61 Å². The van der Waals surface area contributed by atoms with Crippen molar-refractivity contribution in [3.05, 3.63) is 5.01 Å². The lowest BCUT2D eigenvalue weighted by molar-refractivity contribution is 0.186. The largest absolute Gasteiger partial charge is 0.381 e. The van der Waals surface area contributed by atoms with Crippen LogP contribution in [-0.4, -0.2) is 37.0 Å². The standard InChI is InChI=1S/C11H19N3OS/c1-3-4-10-12-13-11(16-10)14(2)7-9-5-6-15-8-9/h9H,3-8H2,1-2H3/t9-/m1/s1. The first-order valence-electron chi connectivity index (χ1n) is 5.91. The summed E-state index contributed by atoms with van der Waals surface area (Å²) in [4.78, 5) is 2.20. The molecule has 0 aliphatic carbocycles. The summed E-state index contributed by atoms with van der Waals surface area (Å²) in [6.45, 7) is 5.00. The van der Waals surface area contributed by atoms with Crippen molar-refractivity contribution < 1.29 is 4.74 Å². The maximum atomic E-state index is 5.38. The summed E-state index contributed by atoms with van der Waals surface area (Å²) < 4.78 is 5.38. The van der Waals surface area contributed by atoms with Gasteiger partial charge in [-0.2, -0.15) is 0 Å². The van der Waals surface area contributed by atoms with Gasteiger partial charge in [-0.15, -0.1) is 10.2 Å². The van der Waals surface area contributed by atoms with E-state index < -0.39 is 0 Å². The average Bonchev–Trinajstić information content (AvgIpc) is 2.89. The third-order valence-corrected chi connectivity index (χ3v) is 3.90. The second kappa shape index (κ2) is 5.59. The molecule has 0 amide bonds. The fourth-order valence-electron chi connectivity index (χ4n) is 1.91. The third-order valence-electron chi connectivity index (χ3n) is 2.80. The van der Waals surface area contributed by atoms with E-state index in [1.807, 2.05) is 0 Å². The molecule has 0 saturated carbocycles. The summed E-state index contributed by atoms with van der Waals surface area (Å²) in [6.07, 6.45) is 3.35. The minimum Gasteiger partial charge on any atom is -0.381 e. The van der Waals surface area contributed by atoms with Gasteiger partial charge in [0, 0.05) is 32.5 Å². The first-order chi connectivity index (χ1) is 7.79. The minimum atomic E-state index is 0.656. The molecule has 1 aromatic heterocycles. The molecule has 1 aliphatic heterocycles. The molecule has 4 nitrogen and oxygen atoms in total. The van der Waals surface area contributed by atoms with E-state index in [1.54, 1.807) is 11.3 Å². The molecule has 5 heteroatoms. The van der Waals surface area contributed by atoms with E-state index in [9.17, 15) is 0 Å². The van der Waals surface area contributed by atoms with Crippen molar-refractivity contribution in [1.82, 2.24) is 10.2 Å². The van der Waals surface area contributed by atoms with Gasteiger partial charge in [0.15, 0.2) is 0 Å². The molecule has 0 N–H and O–H groups in total. The number of hydrogen-bond donors (Lipinski definition) is 0. The van der Waals surface area contributed by atoms with Gasteiger partial charge in [-0.3, -0.25) is 0 Å². The lowest BCUT2D eigenvalue weighted by Gasteiger charge is -2.18. The van der Waals surface area contributed by atoms with Crippen molar-refractivity contribution in [2.75, 3.05) is 31.7 Å². The fourth-order valence-corrected chi connectivity index (χ4v) is 2.82. The molecule has 1 fully saturated rings. The molecule has 0 radical (unpaired) electrons. The van der Waals surface area contributed by atoms with E-state index in [1.165, 1.54) is 6.42 Å². The Labute approximate surface area is 101 Å². The van der Waals surface area contributed by atoms with Gasteiger partial charge in [-0.05, 0) is 12.8 Å². The van der Waals surface area contributed by atoms with E-state index in [2.05, 4.69) is 29.1 Å². The van der Waals surface area contributed by atoms with Crippen LogP contribution in [0.5, 0.6) is 0 Å². The predicted molar refractivity (Wildman–Crippen MR) is 66.1 cm³/mol. The highest BCUT2D eigenvalue weighted by Crippen LogP contribution is 2.22. The van der Waals surface area contributed by atoms with E-state index in [-0.39, 0.29) is 0 Å². The lowest BCUT2D eigenvalue weighted by Crippen LogP contribution is -2.25. The Morgan fingerprint density at radius 3 is 3.06 bits per heavy atom. The molecule has 2 heterocycles. The summed E-state index contributed by atoms with van der Waals surface area (Å²) in [6, 6.07) is 0. The Hall–Kier alpha value is -0.680. The summed E-state index contributed by atoms with van der Waals surface area (Å²) in [5.41, 5.74) is 0. The number of aromatic nitrogens is 2. The Morgan fingerprint density at radius 1 is 1.50 bits per heavy atom. The van der Waals surface area contributed by atoms with E-state index in [0.29, 0.717) is 5.92 Å². The number of nitrogens with zero attached hydrogens (tertiary/aromatic N) is 3. The molecule has 16 heavy (non-hydrogen) atoms. The number of aryl methyl sites for hydroxylation is 1. The van der Waals surface area contributed by atoms with Crippen molar-refractivity contribution in [3.8, 4) is 0 Å². The SMILES string of the molecule is CCCc1nnc(N(C)C[C@H]2CCOC2)s1. The molecule has 2 rings (SSSR count). The fraction of sp³-hybridized carbons (Fsp3) is 0.818. The van der Waals surface area contributed by atoms with Gasteiger partial charge < -0.3 is 9.64 Å². The van der Waals surface area contributed by atoms with E-state index in [0.717, 1.165) is 42.7 Å². The molecular weight excluding hydrogens is 222 g/mol. The van der Waals surface area contributed by atoms with Gasteiger partial charge in [-0.1, -0.05) is 18.3 Å². The predicted octanol–water partition coefficient (Wildman–Crippen LogP) is 1.96. The zero-order valence-electron chi connectivity index (χ0n) is 9.98. The van der Waals surface area contributed by atoms with Gasteiger partial charge in [-0.25, -0.2) is 0 Å². The van der Waals surface area contributed by atoms with Crippen LogP contribution in [0.1, 0.15) is 24.8 Å². The van der Waals surface area contributed by atoms with Crippen LogP contribution in [0, 0.1) is 5.92 Å². The quantitative estimate of drug-likeness (QED) is 0.790. The molecule has 0 bridgehead atoms. The summed E-state index contributed by atoms with van der Waals surface area (Å²) in [7, 11) is 2.09. The molecule has 0 spiro atoms. The van der Waals surface area contributed by atoms with Gasteiger partial charge >= 0.3 is 0 Å². The second-order valence-corrected chi connectivity index (χ2v) is 5.38. The molecule has 1 saturated heterocycles. The normalized spacial score (nSPS) is 20.2. The highest BCUT2D eigenvalue weighted by Gasteiger charge is 2.19. The van der Waals surface area contributed by atoms with Crippen molar-refractivity contribution in [2.24, 2.45) is 5.92 Å². The molecular formula is C11H19N3OS. The maximum Gasteiger partial charge on any atom is 0.208 e. The maximum absolute atomic E-state index is 5.38. The lowest BCUT2D eigenvalue weighted by atomic mass is 10.1. The zero-order valence-corrected chi connectivity index (χ0v) is 10.8. The van der Waals surface area contributed by atoms with Crippen molar-refractivity contribution in [3.63, 3.8) is 0 Å². The molecule has 1 atom stereocenters. The van der Waals surface area contributed by atoms with Crippen LogP contribution in [0.4, 0.5) is 5.13 Å². The third kappa shape index (κ3) is 2.92. The summed E-state index contributed by atoms with van der Waals surface area (Å²) in [5, 5.41) is 10.6. The smallest absolute Gasteiger partial charge is 0.208 e. The Kier molecular flexibility index (Phi) is 4.12. The van der Waals surface area contributed by atoms with Crippen LogP contribution >= 0.6 is 11.3 Å². The topological polar surface area (TPSA) is 38.2 Å². The van der Waals surface area contributed by atoms with E-state index >= 15 is 0 Å². The molecule has 0 aromatic carbocycles. The summed E-state index contributed by atoms with van der Waals surface area (Å²) >= 11 is 1.71. The minimum absolute atomic E-state index is 0.656. The monoisotopic (exact) mass is 241 g/mol. The molecule has 90 valence electrons. The van der Waals surface area contributed by atoms with Crippen LogP contribution in [0.25, 0.3) is 0 Å². The number of rotatable bonds is 5. The Bertz CT molecular complexity index is 323. The highest BCUT2D eigenvalue weighted by atomic mass is 32.1. The van der Waals surface area contributed by atoms with Crippen molar-refractivity contribution in [1.29, 1.82) is 0 Å². The first-order valence-corrected chi connectivity index (χ1v) is 6.72. The number of anilines is 1. The zero-order chi connectivity index (χ0) is 11.4. The van der Waals surface area contributed by atoms with Gasteiger partial charge in [0.2, 0.25) is 5.13 Å².